The Morgan fingerprint density at radius 3 is 2.67 bits per heavy atom. The number of thioether (sulfide) groups is 1. The molecule has 0 bridgehead atoms. The summed E-state index contributed by atoms with van der Waals surface area (Å²) in [7, 11) is 0. The van der Waals surface area contributed by atoms with E-state index in [9.17, 15) is 9.18 Å². The minimum atomic E-state index is -0.425. The lowest BCUT2D eigenvalue weighted by molar-refractivity contribution is -0.113. The van der Waals surface area contributed by atoms with Crippen LogP contribution in [0.5, 0.6) is 0 Å². The van der Waals surface area contributed by atoms with E-state index in [1.54, 1.807) is 18.2 Å². The number of amides is 1. The molecule has 0 radical (unpaired) electrons. The van der Waals surface area contributed by atoms with E-state index in [0.29, 0.717) is 5.88 Å². The smallest absolute Gasteiger partial charge is 0.234 e. The molecule has 0 atom stereocenters. The minimum absolute atomic E-state index is 0.210. The molecule has 0 saturated heterocycles. The van der Waals surface area contributed by atoms with Crippen LogP contribution in [0.2, 0.25) is 0 Å². The van der Waals surface area contributed by atoms with Crippen molar-refractivity contribution in [2.45, 2.75) is 11.6 Å². The summed E-state index contributed by atoms with van der Waals surface area (Å²) in [5.41, 5.74) is 2.40. The van der Waals surface area contributed by atoms with Crippen molar-refractivity contribution in [2.75, 3.05) is 11.1 Å². The number of carbonyl (C=O) groups is 1. The Morgan fingerprint density at radius 1 is 1.14 bits per heavy atom. The van der Waals surface area contributed by atoms with E-state index in [1.165, 1.54) is 17.8 Å². The Labute approximate surface area is 132 Å². The van der Waals surface area contributed by atoms with Crippen LogP contribution in [0.3, 0.4) is 0 Å². The molecule has 0 aromatic heterocycles. The maximum Gasteiger partial charge on any atom is 0.234 e. The Kier molecular flexibility index (Phi) is 6.08. The second-order valence-corrected chi connectivity index (χ2v) is 5.73. The topological polar surface area (TPSA) is 29.1 Å². The van der Waals surface area contributed by atoms with Gasteiger partial charge in [0.25, 0.3) is 0 Å². The maximum atomic E-state index is 13.4. The van der Waals surface area contributed by atoms with Crippen LogP contribution in [0.1, 0.15) is 11.1 Å². The first-order valence-electron chi connectivity index (χ1n) is 6.45. The van der Waals surface area contributed by atoms with Crippen LogP contribution in [-0.4, -0.2) is 11.7 Å². The van der Waals surface area contributed by atoms with E-state index in [0.717, 1.165) is 16.9 Å². The van der Waals surface area contributed by atoms with Gasteiger partial charge in [0, 0.05) is 11.6 Å². The highest BCUT2D eigenvalue weighted by Crippen LogP contribution is 2.16. The van der Waals surface area contributed by atoms with Gasteiger partial charge in [-0.2, -0.15) is 0 Å². The molecule has 0 unspecified atom stereocenters. The van der Waals surface area contributed by atoms with Crippen molar-refractivity contribution in [3.63, 3.8) is 0 Å². The van der Waals surface area contributed by atoms with E-state index in [2.05, 4.69) is 5.32 Å². The van der Waals surface area contributed by atoms with Crippen LogP contribution in [0.4, 0.5) is 10.1 Å². The molecular formula is C16H15ClFNOS. The van der Waals surface area contributed by atoms with Crippen molar-refractivity contribution >= 4 is 35.0 Å². The van der Waals surface area contributed by atoms with Gasteiger partial charge in [-0.3, -0.25) is 4.79 Å². The number of alkyl halides is 1. The second kappa shape index (κ2) is 8.05. The number of nitrogens with one attached hydrogen (secondary N) is 1. The van der Waals surface area contributed by atoms with Gasteiger partial charge in [0.2, 0.25) is 5.91 Å². The van der Waals surface area contributed by atoms with Crippen LogP contribution in [0.15, 0.2) is 48.5 Å². The molecule has 0 aliphatic rings. The number of carbonyl (C=O) groups excluding carboxylic acids is 1. The summed E-state index contributed by atoms with van der Waals surface area (Å²) in [6.07, 6.45) is 0. The zero-order valence-electron chi connectivity index (χ0n) is 11.3. The van der Waals surface area contributed by atoms with Crippen LogP contribution < -0.4 is 5.32 Å². The minimum Gasteiger partial charge on any atom is -0.323 e. The first-order valence-corrected chi connectivity index (χ1v) is 8.14. The van der Waals surface area contributed by atoms with Gasteiger partial charge in [0.1, 0.15) is 5.82 Å². The van der Waals surface area contributed by atoms with Gasteiger partial charge in [-0.1, -0.05) is 36.4 Å². The molecule has 1 amide bonds. The van der Waals surface area contributed by atoms with Crippen molar-refractivity contribution in [1.29, 1.82) is 0 Å². The number of hydrogen-bond donors (Lipinski definition) is 1. The third-order valence-electron chi connectivity index (χ3n) is 2.80. The van der Waals surface area contributed by atoms with Gasteiger partial charge in [-0.05, 0) is 23.3 Å². The highest BCUT2D eigenvalue weighted by atomic mass is 35.5. The predicted molar refractivity (Wildman–Crippen MR) is 87.2 cm³/mol. The first-order chi connectivity index (χ1) is 10.2. The summed E-state index contributed by atoms with van der Waals surface area (Å²) in [6.45, 7) is 0. The molecule has 0 fully saturated rings. The largest absolute Gasteiger partial charge is 0.323 e. The summed E-state index contributed by atoms with van der Waals surface area (Å²) in [5, 5.41) is 2.56. The van der Waals surface area contributed by atoms with Crippen LogP contribution in [0, 0.1) is 5.82 Å². The summed E-state index contributed by atoms with van der Waals surface area (Å²) in [4.78, 5) is 11.8. The molecule has 5 heteroatoms. The summed E-state index contributed by atoms with van der Waals surface area (Å²) >= 11 is 7.26. The number of para-hydroxylation sites is 1. The Balaban J connectivity index is 1.80. The van der Waals surface area contributed by atoms with Crippen molar-refractivity contribution < 1.29 is 9.18 Å². The Bertz CT molecular complexity index is 621. The molecule has 110 valence electrons. The molecule has 0 aliphatic carbocycles. The zero-order valence-corrected chi connectivity index (χ0v) is 12.9. The normalized spacial score (nSPS) is 10.4. The van der Waals surface area contributed by atoms with Gasteiger partial charge in [-0.25, -0.2) is 4.39 Å². The van der Waals surface area contributed by atoms with E-state index in [1.807, 2.05) is 24.3 Å². The fourth-order valence-electron chi connectivity index (χ4n) is 1.81. The third kappa shape index (κ3) is 5.06. The second-order valence-electron chi connectivity index (χ2n) is 4.47. The third-order valence-corrected chi connectivity index (χ3v) is 4.11. The number of hydrogen-bond acceptors (Lipinski definition) is 2. The summed E-state index contributed by atoms with van der Waals surface area (Å²) in [6, 6.07) is 14.1. The molecule has 2 nitrogen and oxygen atoms in total. The van der Waals surface area contributed by atoms with Crippen LogP contribution in [-0.2, 0) is 16.4 Å². The van der Waals surface area contributed by atoms with E-state index < -0.39 is 5.82 Å². The molecule has 2 rings (SSSR count). The van der Waals surface area contributed by atoms with Gasteiger partial charge in [0.05, 0.1) is 11.4 Å². The Hall–Kier alpha value is -1.52. The molecule has 2 aromatic carbocycles. The molecule has 21 heavy (non-hydrogen) atoms. The van der Waals surface area contributed by atoms with Crippen LogP contribution in [0.25, 0.3) is 0 Å². The van der Waals surface area contributed by atoms with Gasteiger partial charge in [0.15, 0.2) is 0 Å². The summed E-state index contributed by atoms with van der Waals surface area (Å²) < 4.78 is 13.4. The molecule has 0 aliphatic heterocycles. The number of rotatable bonds is 6. The quantitative estimate of drug-likeness (QED) is 0.796. The zero-order chi connectivity index (χ0) is 15.1. The fraction of sp³-hybridized carbons (Fsp3) is 0.188. The molecule has 2 aromatic rings. The van der Waals surface area contributed by atoms with Crippen molar-refractivity contribution in [1.82, 2.24) is 0 Å². The number of benzene rings is 2. The Morgan fingerprint density at radius 2 is 1.90 bits per heavy atom. The van der Waals surface area contributed by atoms with Gasteiger partial charge in [-0.15, -0.1) is 23.4 Å². The van der Waals surface area contributed by atoms with Crippen molar-refractivity contribution in [3.8, 4) is 0 Å². The first kappa shape index (κ1) is 15.9. The lowest BCUT2D eigenvalue weighted by Crippen LogP contribution is -2.15. The number of anilines is 1. The molecule has 0 spiro atoms. The fourth-order valence-corrected chi connectivity index (χ4v) is 2.75. The van der Waals surface area contributed by atoms with Crippen LogP contribution >= 0.6 is 23.4 Å². The van der Waals surface area contributed by atoms with Gasteiger partial charge < -0.3 is 5.32 Å². The monoisotopic (exact) mass is 323 g/mol. The van der Waals surface area contributed by atoms with Crippen molar-refractivity contribution in [3.05, 3.63) is 65.5 Å². The van der Waals surface area contributed by atoms with E-state index in [-0.39, 0.29) is 17.3 Å². The number of halogens is 2. The molecule has 1 N–H and O–H groups in total. The standard InChI is InChI=1S/C16H15ClFNOS/c17-9-12-4-3-5-13(8-12)10-21-11-16(20)19-15-7-2-1-6-14(15)18/h1-8H,9-11H2,(H,19,20). The SMILES string of the molecule is O=C(CSCc1cccc(CCl)c1)Nc1ccccc1F. The van der Waals surface area contributed by atoms with Crippen molar-refractivity contribution in [2.24, 2.45) is 0 Å². The average Bonchev–Trinajstić information content (AvgIpc) is 2.50. The highest BCUT2D eigenvalue weighted by Gasteiger charge is 2.06. The highest BCUT2D eigenvalue weighted by molar-refractivity contribution is 7.99. The predicted octanol–water partition coefficient (Wildman–Crippen LogP) is 4.44. The maximum absolute atomic E-state index is 13.4. The average molecular weight is 324 g/mol. The molecule has 0 saturated carbocycles. The molecular weight excluding hydrogens is 309 g/mol. The van der Waals surface area contributed by atoms with E-state index in [4.69, 9.17) is 11.6 Å². The van der Waals surface area contributed by atoms with E-state index >= 15 is 0 Å². The van der Waals surface area contributed by atoms with Gasteiger partial charge >= 0.3 is 0 Å². The lowest BCUT2D eigenvalue weighted by atomic mass is 10.2. The lowest BCUT2D eigenvalue weighted by Gasteiger charge is -2.06. The molecule has 0 heterocycles. The summed E-state index contributed by atoms with van der Waals surface area (Å²) in [5.74, 6) is 0.838.